The zero-order chi connectivity index (χ0) is 19.5. The average molecular weight is 377 g/mol. The summed E-state index contributed by atoms with van der Waals surface area (Å²) in [5, 5.41) is 4.64. The number of hydrogen-bond acceptors (Lipinski definition) is 4. The van der Waals surface area contributed by atoms with E-state index in [1.54, 1.807) is 7.11 Å². The molecule has 0 unspecified atom stereocenters. The van der Waals surface area contributed by atoms with Gasteiger partial charge in [-0.05, 0) is 31.2 Å². The molecular formula is C22H23N3O3. The minimum Gasteiger partial charge on any atom is -0.493 e. The van der Waals surface area contributed by atoms with Gasteiger partial charge in [0, 0.05) is 12.1 Å². The lowest BCUT2D eigenvalue weighted by Crippen LogP contribution is -2.38. The molecule has 0 saturated heterocycles. The number of carbonyl (C=O) groups excluding carboxylic acids is 1. The largest absolute Gasteiger partial charge is 0.493 e. The zero-order valence-electron chi connectivity index (χ0n) is 16.1. The van der Waals surface area contributed by atoms with E-state index in [1.165, 1.54) is 0 Å². The maximum atomic E-state index is 12.9. The van der Waals surface area contributed by atoms with E-state index in [4.69, 9.17) is 9.47 Å². The molecule has 0 spiro atoms. The van der Waals surface area contributed by atoms with Gasteiger partial charge in [0.1, 0.15) is 23.7 Å². The number of para-hydroxylation sites is 1. The van der Waals surface area contributed by atoms with E-state index in [9.17, 15) is 4.79 Å². The predicted molar refractivity (Wildman–Crippen MR) is 105 cm³/mol. The molecule has 1 amide bonds. The van der Waals surface area contributed by atoms with Crippen LogP contribution >= 0.6 is 0 Å². The Hall–Kier alpha value is -3.28. The Kier molecular flexibility index (Phi) is 5.02. The molecule has 0 radical (unpaired) electrons. The zero-order valence-corrected chi connectivity index (χ0v) is 16.1. The minimum absolute atomic E-state index is 0.0246. The molecule has 0 aliphatic carbocycles. The van der Waals surface area contributed by atoms with Crippen LogP contribution in [0.4, 0.5) is 0 Å². The highest BCUT2D eigenvalue weighted by Gasteiger charge is 2.28. The normalized spacial score (nSPS) is 13.1. The molecule has 2 heterocycles. The topological polar surface area (TPSA) is 56.6 Å². The summed E-state index contributed by atoms with van der Waals surface area (Å²) >= 11 is 0. The van der Waals surface area contributed by atoms with Gasteiger partial charge in [-0.25, -0.2) is 0 Å². The number of ether oxygens (including phenoxy) is 2. The van der Waals surface area contributed by atoms with Gasteiger partial charge >= 0.3 is 0 Å². The van der Waals surface area contributed by atoms with Gasteiger partial charge in [-0.1, -0.05) is 35.9 Å². The van der Waals surface area contributed by atoms with Crippen molar-refractivity contribution in [3.05, 3.63) is 77.1 Å². The van der Waals surface area contributed by atoms with Crippen LogP contribution < -0.4 is 9.47 Å². The van der Waals surface area contributed by atoms with Gasteiger partial charge in [-0.2, -0.15) is 5.10 Å². The Morgan fingerprint density at radius 3 is 2.54 bits per heavy atom. The second-order valence-electron chi connectivity index (χ2n) is 6.84. The van der Waals surface area contributed by atoms with Crippen molar-refractivity contribution in [3.63, 3.8) is 0 Å². The van der Waals surface area contributed by atoms with Gasteiger partial charge in [-0.3, -0.25) is 9.48 Å². The molecule has 6 heteroatoms. The van der Waals surface area contributed by atoms with E-state index >= 15 is 0 Å². The van der Waals surface area contributed by atoms with Crippen molar-refractivity contribution >= 4 is 5.91 Å². The number of rotatable bonds is 5. The van der Waals surface area contributed by atoms with E-state index in [-0.39, 0.29) is 5.91 Å². The van der Waals surface area contributed by atoms with Crippen LogP contribution in [0.2, 0.25) is 0 Å². The highest BCUT2D eigenvalue weighted by atomic mass is 16.5. The molecular weight excluding hydrogens is 354 g/mol. The van der Waals surface area contributed by atoms with Crippen molar-refractivity contribution in [2.24, 2.45) is 0 Å². The van der Waals surface area contributed by atoms with Gasteiger partial charge in [0.15, 0.2) is 5.75 Å². The highest BCUT2D eigenvalue weighted by Crippen LogP contribution is 2.29. The van der Waals surface area contributed by atoms with Crippen LogP contribution in [0.15, 0.2) is 54.6 Å². The molecule has 6 nitrogen and oxygen atoms in total. The van der Waals surface area contributed by atoms with E-state index in [0.29, 0.717) is 37.6 Å². The number of methoxy groups -OCH3 is 1. The van der Waals surface area contributed by atoms with Crippen LogP contribution in [-0.4, -0.2) is 34.2 Å². The van der Waals surface area contributed by atoms with Crippen molar-refractivity contribution in [2.45, 2.75) is 26.6 Å². The summed E-state index contributed by atoms with van der Waals surface area (Å²) < 4.78 is 13.4. The van der Waals surface area contributed by atoms with Crippen molar-refractivity contribution in [3.8, 4) is 11.5 Å². The third kappa shape index (κ3) is 3.58. The fourth-order valence-corrected chi connectivity index (χ4v) is 3.40. The molecule has 0 atom stereocenters. The Morgan fingerprint density at radius 1 is 1.07 bits per heavy atom. The third-order valence-corrected chi connectivity index (χ3v) is 4.91. The number of fused-ring (bicyclic) bond motifs is 1. The number of hydrogen-bond donors (Lipinski definition) is 0. The van der Waals surface area contributed by atoms with Crippen LogP contribution in [0.5, 0.6) is 11.5 Å². The summed E-state index contributed by atoms with van der Waals surface area (Å²) in [5.41, 5.74) is 3.48. The smallest absolute Gasteiger partial charge is 0.254 e. The Morgan fingerprint density at radius 2 is 1.82 bits per heavy atom. The Labute approximate surface area is 164 Å². The number of aryl methyl sites for hydroxylation is 1. The quantitative estimate of drug-likeness (QED) is 0.684. The first-order valence-corrected chi connectivity index (χ1v) is 9.32. The van der Waals surface area contributed by atoms with Crippen LogP contribution in [0, 0.1) is 6.92 Å². The molecule has 0 N–H and O–H groups in total. The van der Waals surface area contributed by atoms with Crippen molar-refractivity contribution in [1.82, 2.24) is 14.7 Å². The Balaban J connectivity index is 1.52. The molecule has 1 aliphatic rings. The Bertz CT molecular complexity index is 965. The van der Waals surface area contributed by atoms with E-state index in [2.05, 4.69) is 5.10 Å². The predicted octanol–water partition coefficient (Wildman–Crippen LogP) is 3.44. The fraction of sp³-hybridized carbons (Fsp3) is 0.273. The van der Waals surface area contributed by atoms with Crippen LogP contribution in [0.3, 0.4) is 0 Å². The molecule has 4 rings (SSSR count). The number of amides is 1. The first kappa shape index (κ1) is 18.1. The molecule has 0 saturated carbocycles. The van der Waals surface area contributed by atoms with Gasteiger partial charge < -0.3 is 14.4 Å². The standard InChI is InChI=1S/C22H23N3O3/c1-16-8-10-17(11-9-16)22(26)24-12-13-25-20(14-24)21(27-2)19(23-25)15-28-18-6-4-3-5-7-18/h3-11H,12-15H2,1-2H3. The lowest BCUT2D eigenvalue weighted by molar-refractivity contribution is 0.0704. The first-order valence-electron chi connectivity index (χ1n) is 9.32. The number of nitrogens with zero attached hydrogens (tertiary/aromatic N) is 3. The summed E-state index contributed by atoms with van der Waals surface area (Å²) in [4.78, 5) is 14.7. The second kappa shape index (κ2) is 7.76. The third-order valence-electron chi connectivity index (χ3n) is 4.91. The van der Waals surface area contributed by atoms with Gasteiger partial charge in [-0.15, -0.1) is 0 Å². The SMILES string of the molecule is COc1c(COc2ccccc2)nn2c1CN(C(=O)c1ccc(C)cc1)CC2. The lowest BCUT2D eigenvalue weighted by atomic mass is 10.1. The molecule has 144 valence electrons. The van der Waals surface area contributed by atoms with Crippen molar-refractivity contribution < 1.29 is 14.3 Å². The first-order chi connectivity index (χ1) is 13.7. The molecule has 0 bridgehead atoms. The monoisotopic (exact) mass is 377 g/mol. The second-order valence-corrected chi connectivity index (χ2v) is 6.84. The van der Waals surface area contributed by atoms with E-state index in [0.717, 1.165) is 22.7 Å². The highest BCUT2D eigenvalue weighted by molar-refractivity contribution is 5.94. The van der Waals surface area contributed by atoms with Gasteiger partial charge in [0.25, 0.3) is 5.91 Å². The number of aromatic nitrogens is 2. The maximum Gasteiger partial charge on any atom is 0.254 e. The lowest BCUT2D eigenvalue weighted by Gasteiger charge is -2.28. The summed E-state index contributed by atoms with van der Waals surface area (Å²) in [6.07, 6.45) is 0. The number of carbonyl (C=O) groups is 1. The summed E-state index contributed by atoms with van der Waals surface area (Å²) in [7, 11) is 1.63. The molecule has 3 aromatic rings. The maximum absolute atomic E-state index is 12.9. The summed E-state index contributed by atoms with van der Waals surface area (Å²) in [6, 6.07) is 17.3. The average Bonchev–Trinajstić information content (AvgIpc) is 3.09. The molecule has 2 aromatic carbocycles. The summed E-state index contributed by atoms with van der Waals surface area (Å²) in [5.74, 6) is 1.50. The molecule has 0 fully saturated rings. The van der Waals surface area contributed by atoms with Crippen LogP contribution in [0.1, 0.15) is 27.3 Å². The van der Waals surface area contributed by atoms with E-state index < -0.39 is 0 Å². The van der Waals surface area contributed by atoms with Gasteiger partial charge in [0.2, 0.25) is 0 Å². The van der Waals surface area contributed by atoms with Gasteiger partial charge in [0.05, 0.1) is 20.2 Å². The van der Waals surface area contributed by atoms with Crippen molar-refractivity contribution in [1.29, 1.82) is 0 Å². The van der Waals surface area contributed by atoms with Crippen LogP contribution in [-0.2, 0) is 19.7 Å². The van der Waals surface area contributed by atoms with Crippen molar-refractivity contribution in [2.75, 3.05) is 13.7 Å². The molecule has 1 aromatic heterocycles. The fourth-order valence-electron chi connectivity index (χ4n) is 3.40. The minimum atomic E-state index is 0.0246. The summed E-state index contributed by atoms with van der Waals surface area (Å²) in [6.45, 7) is 4.04. The van der Waals surface area contributed by atoms with Crippen LogP contribution in [0.25, 0.3) is 0 Å². The molecule has 1 aliphatic heterocycles. The molecule has 28 heavy (non-hydrogen) atoms. The van der Waals surface area contributed by atoms with E-state index in [1.807, 2.05) is 71.1 Å². The number of benzene rings is 2.